The molecule has 0 spiro atoms. The number of benzene rings is 2. The highest BCUT2D eigenvalue weighted by Gasteiger charge is 2.04. The van der Waals surface area contributed by atoms with Crippen LogP contribution in [0.1, 0.15) is 16.7 Å². The van der Waals surface area contributed by atoms with E-state index in [1.54, 1.807) is 12.2 Å². The van der Waals surface area contributed by atoms with Crippen LogP contribution in [0.2, 0.25) is 0 Å². The number of para-hydroxylation sites is 1. The van der Waals surface area contributed by atoms with Gasteiger partial charge >= 0.3 is 0 Å². The number of aryl methyl sites for hydroxylation is 2. The molecule has 3 heteroatoms. The number of hydrogen-bond donors (Lipinski definition) is 1. The maximum Gasteiger partial charge on any atom is 0.248 e. The van der Waals surface area contributed by atoms with Gasteiger partial charge in [0.1, 0.15) is 0 Å². The number of carbonyl (C=O) groups excluding carboxylic acids is 1. The van der Waals surface area contributed by atoms with Crippen LogP contribution in [0.15, 0.2) is 53.0 Å². The standard InChI is InChI=1S/C17H16BrNO/c1-12-4-3-5-13(2)17(12)19-16(20)11-8-14-6-9-15(18)10-7-14/h3-11H,1-2H3,(H,19,20)/b11-8+. The SMILES string of the molecule is Cc1cccc(C)c1NC(=O)/C=C/c1ccc(Br)cc1. The number of amides is 1. The lowest BCUT2D eigenvalue weighted by Crippen LogP contribution is -2.10. The molecule has 0 aliphatic rings. The predicted octanol–water partition coefficient (Wildman–Crippen LogP) is 4.72. The first-order valence-corrected chi connectivity index (χ1v) is 7.16. The van der Waals surface area contributed by atoms with Gasteiger partial charge in [-0.25, -0.2) is 0 Å². The molecular weight excluding hydrogens is 314 g/mol. The molecule has 0 unspecified atom stereocenters. The van der Waals surface area contributed by atoms with E-state index in [0.29, 0.717) is 0 Å². The van der Waals surface area contributed by atoms with E-state index in [1.165, 1.54) is 0 Å². The number of nitrogens with one attached hydrogen (secondary N) is 1. The van der Waals surface area contributed by atoms with Crippen LogP contribution < -0.4 is 5.32 Å². The third kappa shape index (κ3) is 3.81. The molecule has 0 aromatic heterocycles. The van der Waals surface area contributed by atoms with E-state index in [0.717, 1.165) is 26.9 Å². The minimum atomic E-state index is -0.120. The van der Waals surface area contributed by atoms with Gasteiger partial charge in [0.25, 0.3) is 0 Å². The Morgan fingerprint density at radius 2 is 1.65 bits per heavy atom. The number of rotatable bonds is 3. The molecule has 2 aromatic rings. The van der Waals surface area contributed by atoms with Crippen molar-refractivity contribution in [2.24, 2.45) is 0 Å². The molecule has 0 radical (unpaired) electrons. The molecule has 1 N–H and O–H groups in total. The average molecular weight is 330 g/mol. The molecule has 20 heavy (non-hydrogen) atoms. The lowest BCUT2D eigenvalue weighted by molar-refractivity contribution is -0.111. The van der Waals surface area contributed by atoms with Gasteiger partial charge in [-0.3, -0.25) is 4.79 Å². The Morgan fingerprint density at radius 1 is 1.05 bits per heavy atom. The summed E-state index contributed by atoms with van der Waals surface area (Å²) in [6.07, 6.45) is 3.35. The fourth-order valence-electron chi connectivity index (χ4n) is 1.92. The zero-order chi connectivity index (χ0) is 14.5. The largest absolute Gasteiger partial charge is 0.322 e. The zero-order valence-corrected chi connectivity index (χ0v) is 13.1. The summed E-state index contributed by atoms with van der Waals surface area (Å²) in [6, 6.07) is 13.8. The molecule has 0 heterocycles. The van der Waals surface area contributed by atoms with Crippen LogP contribution in [0.5, 0.6) is 0 Å². The molecule has 0 aliphatic carbocycles. The number of anilines is 1. The first kappa shape index (κ1) is 14.5. The van der Waals surface area contributed by atoms with Crippen molar-refractivity contribution in [1.82, 2.24) is 0 Å². The van der Waals surface area contributed by atoms with Crippen LogP contribution >= 0.6 is 15.9 Å². The lowest BCUT2D eigenvalue weighted by atomic mass is 10.1. The van der Waals surface area contributed by atoms with E-state index in [2.05, 4.69) is 21.2 Å². The Morgan fingerprint density at radius 3 is 2.25 bits per heavy atom. The molecule has 0 atom stereocenters. The van der Waals surface area contributed by atoms with Crippen molar-refractivity contribution in [3.8, 4) is 0 Å². The number of hydrogen-bond acceptors (Lipinski definition) is 1. The highest BCUT2D eigenvalue weighted by atomic mass is 79.9. The Hall–Kier alpha value is -1.87. The maximum absolute atomic E-state index is 11.9. The molecule has 2 aromatic carbocycles. The van der Waals surface area contributed by atoms with Crippen molar-refractivity contribution < 1.29 is 4.79 Å². The van der Waals surface area contributed by atoms with E-state index < -0.39 is 0 Å². The summed E-state index contributed by atoms with van der Waals surface area (Å²) < 4.78 is 1.02. The van der Waals surface area contributed by atoms with Crippen LogP contribution in [0.25, 0.3) is 6.08 Å². The van der Waals surface area contributed by atoms with Crippen molar-refractivity contribution in [1.29, 1.82) is 0 Å². The summed E-state index contributed by atoms with van der Waals surface area (Å²) in [5.41, 5.74) is 4.01. The van der Waals surface area contributed by atoms with Gasteiger partial charge in [0.2, 0.25) is 5.91 Å². The van der Waals surface area contributed by atoms with Gasteiger partial charge in [0.15, 0.2) is 0 Å². The third-order valence-electron chi connectivity index (χ3n) is 3.03. The normalized spacial score (nSPS) is 10.8. The second-order valence-electron chi connectivity index (χ2n) is 4.64. The Labute approximate surface area is 127 Å². The van der Waals surface area contributed by atoms with Gasteiger partial charge in [0.05, 0.1) is 0 Å². The Bertz CT molecular complexity index is 624. The van der Waals surface area contributed by atoms with Gasteiger partial charge in [-0.15, -0.1) is 0 Å². The topological polar surface area (TPSA) is 29.1 Å². The third-order valence-corrected chi connectivity index (χ3v) is 3.56. The van der Waals surface area contributed by atoms with Crippen molar-refractivity contribution >= 4 is 33.6 Å². The highest BCUT2D eigenvalue weighted by Crippen LogP contribution is 2.19. The maximum atomic E-state index is 11.9. The Balaban J connectivity index is 2.07. The minimum absolute atomic E-state index is 0.120. The van der Waals surface area contributed by atoms with E-state index in [-0.39, 0.29) is 5.91 Å². The molecule has 0 saturated heterocycles. The van der Waals surface area contributed by atoms with E-state index in [1.807, 2.05) is 56.3 Å². The zero-order valence-electron chi connectivity index (χ0n) is 11.5. The summed E-state index contributed by atoms with van der Waals surface area (Å²) in [4.78, 5) is 11.9. The van der Waals surface area contributed by atoms with Crippen LogP contribution in [-0.4, -0.2) is 5.91 Å². The summed E-state index contributed by atoms with van der Waals surface area (Å²) in [5.74, 6) is -0.120. The molecule has 2 rings (SSSR count). The van der Waals surface area contributed by atoms with Gasteiger partial charge in [0, 0.05) is 16.2 Å². The predicted molar refractivity (Wildman–Crippen MR) is 87.7 cm³/mol. The van der Waals surface area contributed by atoms with Crippen molar-refractivity contribution in [2.75, 3.05) is 5.32 Å². The second-order valence-corrected chi connectivity index (χ2v) is 5.56. The van der Waals surface area contributed by atoms with Crippen LogP contribution in [-0.2, 0) is 4.79 Å². The molecule has 0 bridgehead atoms. The monoisotopic (exact) mass is 329 g/mol. The molecule has 1 amide bonds. The summed E-state index contributed by atoms with van der Waals surface area (Å²) in [6.45, 7) is 3.97. The Kier molecular flexibility index (Phi) is 4.74. The number of halogens is 1. The quantitative estimate of drug-likeness (QED) is 0.811. The van der Waals surface area contributed by atoms with Gasteiger partial charge in [-0.1, -0.05) is 46.3 Å². The van der Waals surface area contributed by atoms with Gasteiger partial charge < -0.3 is 5.32 Å². The fraction of sp³-hybridized carbons (Fsp3) is 0.118. The summed E-state index contributed by atoms with van der Waals surface area (Å²) >= 11 is 3.38. The first-order chi connectivity index (χ1) is 9.56. The lowest BCUT2D eigenvalue weighted by Gasteiger charge is -2.09. The molecule has 0 aliphatic heterocycles. The summed E-state index contributed by atoms with van der Waals surface area (Å²) in [5, 5.41) is 2.93. The molecule has 0 fully saturated rings. The van der Waals surface area contributed by atoms with Crippen molar-refractivity contribution in [3.05, 3.63) is 69.7 Å². The average Bonchev–Trinajstić information content (AvgIpc) is 2.42. The van der Waals surface area contributed by atoms with Gasteiger partial charge in [-0.05, 0) is 48.7 Å². The number of carbonyl (C=O) groups is 1. The van der Waals surface area contributed by atoms with Crippen LogP contribution in [0, 0.1) is 13.8 Å². The minimum Gasteiger partial charge on any atom is -0.322 e. The van der Waals surface area contributed by atoms with Crippen molar-refractivity contribution in [2.45, 2.75) is 13.8 Å². The van der Waals surface area contributed by atoms with E-state index in [4.69, 9.17) is 0 Å². The molecule has 102 valence electrons. The molecule has 0 saturated carbocycles. The molecule has 2 nitrogen and oxygen atoms in total. The summed E-state index contributed by atoms with van der Waals surface area (Å²) in [7, 11) is 0. The van der Waals surface area contributed by atoms with Gasteiger partial charge in [-0.2, -0.15) is 0 Å². The fourth-order valence-corrected chi connectivity index (χ4v) is 2.19. The van der Waals surface area contributed by atoms with E-state index >= 15 is 0 Å². The second kappa shape index (κ2) is 6.53. The van der Waals surface area contributed by atoms with Crippen LogP contribution in [0.4, 0.5) is 5.69 Å². The van der Waals surface area contributed by atoms with Crippen molar-refractivity contribution in [3.63, 3.8) is 0 Å². The van der Waals surface area contributed by atoms with E-state index in [9.17, 15) is 4.79 Å². The van der Waals surface area contributed by atoms with Crippen LogP contribution in [0.3, 0.4) is 0 Å². The molecular formula is C17H16BrNO. The smallest absolute Gasteiger partial charge is 0.248 e. The first-order valence-electron chi connectivity index (χ1n) is 6.37. The highest BCUT2D eigenvalue weighted by molar-refractivity contribution is 9.10.